The number of rotatable bonds is 7. The highest BCUT2D eigenvalue weighted by molar-refractivity contribution is 9.09. The lowest BCUT2D eigenvalue weighted by molar-refractivity contribution is -0.120. The monoisotopic (exact) mass is 313 g/mol. The van der Waals surface area contributed by atoms with Crippen molar-refractivity contribution in [2.45, 2.75) is 20.3 Å². The van der Waals surface area contributed by atoms with Crippen LogP contribution in [0, 0.1) is 13.8 Å². The minimum Gasteiger partial charge on any atom is -0.379 e. The van der Waals surface area contributed by atoms with Crippen molar-refractivity contribution in [3.8, 4) is 0 Å². The Kier molecular flexibility index (Phi) is 6.98. The standard InChI is InChI=1S/C14H20BrNO2/c1-11-3-4-13(9-12(11)2)10-14(17)16-6-8-18-7-5-15/h3-4,9H,5-8,10H2,1-2H3,(H,16,17). The number of carbonyl (C=O) groups is 1. The molecule has 1 N–H and O–H groups in total. The van der Waals surface area contributed by atoms with Gasteiger partial charge in [0.1, 0.15) is 0 Å². The summed E-state index contributed by atoms with van der Waals surface area (Å²) >= 11 is 3.27. The second-order valence-corrected chi connectivity index (χ2v) is 5.04. The number of alkyl halides is 1. The lowest BCUT2D eigenvalue weighted by Gasteiger charge is -2.07. The molecule has 0 fully saturated rings. The first-order valence-corrected chi connectivity index (χ1v) is 7.22. The van der Waals surface area contributed by atoms with E-state index in [4.69, 9.17) is 4.74 Å². The lowest BCUT2D eigenvalue weighted by atomic mass is 10.0. The summed E-state index contributed by atoms with van der Waals surface area (Å²) in [6.07, 6.45) is 0.430. The van der Waals surface area contributed by atoms with Crippen LogP contribution in [0.5, 0.6) is 0 Å². The van der Waals surface area contributed by atoms with Crippen molar-refractivity contribution in [1.82, 2.24) is 5.32 Å². The minimum atomic E-state index is 0.0423. The van der Waals surface area contributed by atoms with E-state index >= 15 is 0 Å². The maximum absolute atomic E-state index is 11.7. The molecule has 0 spiro atoms. The molecule has 0 saturated heterocycles. The Hall–Kier alpha value is -0.870. The molecule has 0 aliphatic rings. The van der Waals surface area contributed by atoms with Gasteiger partial charge in [-0.1, -0.05) is 34.1 Å². The number of halogens is 1. The van der Waals surface area contributed by atoms with E-state index in [-0.39, 0.29) is 5.91 Å². The van der Waals surface area contributed by atoms with Crippen LogP contribution in [-0.4, -0.2) is 31.0 Å². The normalized spacial score (nSPS) is 10.4. The first kappa shape index (κ1) is 15.2. The van der Waals surface area contributed by atoms with Crippen LogP contribution in [0.15, 0.2) is 18.2 Å². The molecule has 18 heavy (non-hydrogen) atoms. The maximum Gasteiger partial charge on any atom is 0.224 e. The molecule has 1 aromatic carbocycles. The van der Waals surface area contributed by atoms with Gasteiger partial charge in [-0.05, 0) is 30.5 Å². The molecule has 0 aliphatic heterocycles. The van der Waals surface area contributed by atoms with E-state index < -0.39 is 0 Å². The van der Waals surface area contributed by atoms with E-state index in [0.29, 0.717) is 26.2 Å². The number of ether oxygens (including phenoxy) is 1. The van der Waals surface area contributed by atoms with Gasteiger partial charge in [-0.2, -0.15) is 0 Å². The molecule has 100 valence electrons. The second-order valence-electron chi connectivity index (χ2n) is 4.25. The highest BCUT2D eigenvalue weighted by atomic mass is 79.9. The van der Waals surface area contributed by atoms with Crippen LogP contribution in [-0.2, 0) is 16.0 Å². The van der Waals surface area contributed by atoms with Gasteiger partial charge in [0.05, 0.1) is 19.6 Å². The molecule has 0 radical (unpaired) electrons. The third-order valence-electron chi connectivity index (χ3n) is 2.73. The summed E-state index contributed by atoms with van der Waals surface area (Å²) in [5.41, 5.74) is 3.53. The molecule has 0 atom stereocenters. The van der Waals surface area contributed by atoms with Gasteiger partial charge in [0.15, 0.2) is 0 Å². The number of amides is 1. The summed E-state index contributed by atoms with van der Waals surface area (Å²) < 4.78 is 5.26. The van der Waals surface area contributed by atoms with E-state index in [1.54, 1.807) is 0 Å². The van der Waals surface area contributed by atoms with E-state index in [2.05, 4.69) is 47.2 Å². The zero-order valence-electron chi connectivity index (χ0n) is 11.0. The van der Waals surface area contributed by atoms with Gasteiger partial charge in [-0.25, -0.2) is 0 Å². The lowest BCUT2D eigenvalue weighted by Crippen LogP contribution is -2.28. The van der Waals surface area contributed by atoms with Gasteiger partial charge >= 0.3 is 0 Å². The van der Waals surface area contributed by atoms with Crippen LogP contribution in [0.4, 0.5) is 0 Å². The van der Waals surface area contributed by atoms with Crippen LogP contribution in [0.25, 0.3) is 0 Å². The molecular weight excluding hydrogens is 294 g/mol. The summed E-state index contributed by atoms with van der Waals surface area (Å²) in [5, 5.41) is 3.67. The SMILES string of the molecule is Cc1ccc(CC(=O)NCCOCCBr)cc1C. The van der Waals surface area contributed by atoms with Crippen LogP contribution in [0.2, 0.25) is 0 Å². The average molecular weight is 314 g/mol. The van der Waals surface area contributed by atoms with Gasteiger partial charge in [0.25, 0.3) is 0 Å². The van der Waals surface area contributed by atoms with Crippen molar-refractivity contribution in [2.75, 3.05) is 25.1 Å². The fourth-order valence-corrected chi connectivity index (χ4v) is 1.81. The number of aryl methyl sites for hydroxylation is 2. The summed E-state index contributed by atoms with van der Waals surface area (Å²) in [5.74, 6) is 0.0423. The summed E-state index contributed by atoms with van der Waals surface area (Å²) in [7, 11) is 0. The molecule has 0 heterocycles. The van der Waals surface area contributed by atoms with E-state index in [0.717, 1.165) is 10.9 Å². The summed E-state index contributed by atoms with van der Waals surface area (Å²) in [6.45, 7) is 5.93. The molecule has 0 bridgehead atoms. The Morgan fingerprint density at radius 3 is 2.72 bits per heavy atom. The van der Waals surface area contributed by atoms with Gasteiger partial charge in [0, 0.05) is 11.9 Å². The quantitative estimate of drug-likeness (QED) is 0.620. The van der Waals surface area contributed by atoms with Crippen molar-refractivity contribution in [3.05, 3.63) is 34.9 Å². The van der Waals surface area contributed by atoms with Crippen molar-refractivity contribution in [2.24, 2.45) is 0 Å². The largest absolute Gasteiger partial charge is 0.379 e. The molecule has 3 nitrogen and oxygen atoms in total. The van der Waals surface area contributed by atoms with Gasteiger partial charge in [0.2, 0.25) is 5.91 Å². The van der Waals surface area contributed by atoms with E-state index in [1.165, 1.54) is 11.1 Å². The highest BCUT2D eigenvalue weighted by Gasteiger charge is 2.03. The first-order valence-electron chi connectivity index (χ1n) is 6.10. The van der Waals surface area contributed by atoms with Crippen molar-refractivity contribution in [1.29, 1.82) is 0 Å². The smallest absolute Gasteiger partial charge is 0.224 e. The maximum atomic E-state index is 11.7. The number of nitrogens with one attached hydrogen (secondary N) is 1. The fourth-order valence-electron chi connectivity index (χ4n) is 1.58. The van der Waals surface area contributed by atoms with Crippen molar-refractivity contribution < 1.29 is 9.53 Å². The Bertz CT molecular complexity index is 393. The van der Waals surface area contributed by atoms with E-state index in [1.807, 2.05) is 6.07 Å². The third kappa shape index (κ3) is 5.65. The molecule has 1 aromatic rings. The molecular formula is C14H20BrNO2. The third-order valence-corrected chi connectivity index (χ3v) is 3.05. The molecule has 0 aliphatic carbocycles. The van der Waals surface area contributed by atoms with E-state index in [9.17, 15) is 4.79 Å². The first-order chi connectivity index (χ1) is 8.63. The zero-order valence-corrected chi connectivity index (χ0v) is 12.5. The number of hydrogen-bond donors (Lipinski definition) is 1. The van der Waals surface area contributed by atoms with Gasteiger partial charge in [-0.15, -0.1) is 0 Å². The number of carbonyl (C=O) groups excluding carboxylic acids is 1. The van der Waals surface area contributed by atoms with Crippen molar-refractivity contribution in [3.63, 3.8) is 0 Å². The Morgan fingerprint density at radius 1 is 1.28 bits per heavy atom. The zero-order chi connectivity index (χ0) is 13.4. The minimum absolute atomic E-state index is 0.0423. The Morgan fingerprint density at radius 2 is 2.06 bits per heavy atom. The molecule has 0 saturated carbocycles. The highest BCUT2D eigenvalue weighted by Crippen LogP contribution is 2.10. The van der Waals surface area contributed by atoms with Gasteiger partial charge in [-0.3, -0.25) is 4.79 Å². The molecule has 1 rings (SSSR count). The van der Waals surface area contributed by atoms with Gasteiger partial charge < -0.3 is 10.1 Å². The summed E-state index contributed by atoms with van der Waals surface area (Å²) in [4.78, 5) is 11.7. The van der Waals surface area contributed by atoms with Crippen LogP contribution < -0.4 is 5.32 Å². The number of benzene rings is 1. The van der Waals surface area contributed by atoms with Crippen LogP contribution in [0.3, 0.4) is 0 Å². The molecule has 4 heteroatoms. The fraction of sp³-hybridized carbons (Fsp3) is 0.500. The molecule has 0 unspecified atom stereocenters. The Balaban J connectivity index is 2.29. The van der Waals surface area contributed by atoms with Crippen LogP contribution in [0.1, 0.15) is 16.7 Å². The average Bonchev–Trinajstić information content (AvgIpc) is 2.34. The predicted molar refractivity (Wildman–Crippen MR) is 77.2 cm³/mol. The predicted octanol–water partition coefficient (Wildman–Crippen LogP) is 2.37. The number of hydrogen-bond acceptors (Lipinski definition) is 2. The Labute approximate surface area is 117 Å². The van der Waals surface area contributed by atoms with Crippen LogP contribution >= 0.6 is 15.9 Å². The molecule has 0 aromatic heterocycles. The van der Waals surface area contributed by atoms with Crippen molar-refractivity contribution >= 4 is 21.8 Å². The second kappa shape index (κ2) is 8.27. The topological polar surface area (TPSA) is 38.3 Å². The molecule has 1 amide bonds. The summed E-state index contributed by atoms with van der Waals surface area (Å²) in [6, 6.07) is 6.12.